The second-order valence-electron chi connectivity index (χ2n) is 7.43. The normalized spacial score (nSPS) is 20.7. The van der Waals surface area contributed by atoms with E-state index in [2.05, 4.69) is 15.1 Å². The van der Waals surface area contributed by atoms with E-state index in [4.69, 9.17) is 0 Å². The van der Waals surface area contributed by atoms with Crippen LogP contribution in [0.25, 0.3) is 5.69 Å². The second-order valence-corrected chi connectivity index (χ2v) is 9.75. The highest BCUT2D eigenvalue weighted by Gasteiger charge is 2.24. The third kappa shape index (κ3) is 5.29. The molecule has 0 spiro atoms. The van der Waals surface area contributed by atoms with E-state index in [1.54, 1.807) is 24.6 Å². The predicted molar refractivity (Wildman–Crippen MR) is 105 cm³/mol. The largest absolute Gasteiger partial charge is 0.366 e. The molecule has 1 fully saturated rings. The maximum Gasteiger partial charge on any atom is 0.213 e. The van der Waals surface area contributed by atoms with Gasteiger partial charge in [0.15, 0.2) is 0 Å². The van der Waals surface area contributed by atoms with E-state index in [9.17, 15) is 12.8 Å². The predicted octanol–water partition coefficient (Wildman–Crippen LogP) is 3.31. The SMILES string of the molecule is CC(C)S(=O)(=O)NC[C@H]1CC[C@H](Nc2ccn(-c3cccc(F)c3)n2)CC1. The molecular formula is C19H27FN4O2S. The molecule has 1 aromatic heterocycles. The van der Waals surface area contributed by atoms with Crippen molar-refractivity contribution in [1.82, 2.24) is 14.5 Å². The minimum absolute atomic E-state index is 0.288. The zero-order valence-corrected chi connectivity index (χ0v) is 16.5. The minimum Gasteiger partial charge on any atom is -0.366 e. The third-order valence-corrected chi connectivity index (χ3v) is 6.86. The van der Waals surface area contributed by atoms with Gasteiger partial charge in [-0.15, -0.1) is 0 Å². The summed E-state index contributed by atoms with van der Waals surface area (Å²) in [5.41, 5.74) is 0.684. The number of hydrogen-bond donors (Lipinski definition) is 2. The lowest BCUT2D eigenvalue weighted by atomic mass is 9.86. The van der Waals surface area contributed by atoms with E-state index in [0.29, 0.717) is 24.2 Å². The summed E-state index contributed by atoms with van der Waals surface area (Å²) < 4.78 is 41.4. The van der Waals surface area contributed by atoms with Crippen molar-refractivity contribution in [2.45, 2.75) is 50.8 Å². The molecule has 0 radical (unpaired) electrons. The van der Waals surface area contributed by atoms with Crippen molar-refractivity contribution in [2.24, 2.45) is 5.92 Å². The fraction of sp³-hybridized carbons (Fsp3) is 0.526. The van der Waals surface area contributed by atoms with Gasteiger partial charge in [-0.25, -0.2) is 22.2 Å². The molecule has 148 valence electrons. The average Bonchev–Trinajstić information content (AvgIpc) is 3.10. The summed E-state index contributed by atoms with van der Waals surface area (Å²) in [5.74, 6) is 0.855. The Balaban J connectivity index is 1.49. The Hall–Kier alpha value is -1.93. The molecule has 0 atom stereocenters. The molecular weight excluding hydrogens is 367 g/mol. The van der Waals surface area contributed by atoms with E-state index < -0.39 is 15.3 Å². The van der Waals surface area contributed by atoms with Gasteiger partial charge in [0, 0.05) is 24.8 Å². The van der Waals surface area contributed by atoms with Crippen LogP contribution in [-0.2, 0) is 10.0 Å². The number of aromatic nitrogens is 2. The van der Waals surface area contributed by atoms with Gasteiger partial charge in [-0.1, -0.05) is 6.07 Å². The van der Waals surface area contributed by atoms with Crippen molar-refractivity contribution < 1.29 is 12.8 Å². The molecule has 1 heterocycles. The fourth-order valence-corrected chi connectivity index (χ4v) is 4.09. The average molecular weight is 395 g/mol. The van der Waals surface area contributed by atoms with Crippen LogP contribution in [0, 0.1) is 11.7 Å². The van der Waals surface area contributed by atoms with E-state index >= 15 is 0 Å². The fourth-order valence-electron chi connectivity index (χ4n) is 3.28. The summed E-state index contributed by atoms with van der Waals surface area (Å²) >= 11 is 0. The number of hydrogen-bond acceptors (Lipinski definition) is 4. The number of benzene rings is 1. The third-order valence-electron chi connectivity index (χ3n) is 5.05. The molecule has 0 aliphatic heterocycles. The zero-order valence-electron chi connectivity index (χ0n) is 15.7. The van der Waals surface area contributed by atoms with Crippen LogP contribution in [0.5, 0.6) is 0 Å². The zero-order chi connectivity index (χ0) is 19.4. The lowest BCUT2D eigenvalue weighted by Crippen LogP contribution is -2.37. The van der Waals surface area contributed by atoms with Gasteiger partial charge < -0.3 is 5.32 Å². The van der Waals surface area contributed by atoms with Crippen molar-refractivity contribution in [3.05, 3.63) is 42.3 Å². The number of anilines is 1. The van der Waals surface area contributed by atoms with Crippen LogP contribution in [0.1, 0.15) is 39.5 Å². The number of rotatable bonds is 7. The highest BCUT2D eigenvalue weighted by atomic mass is 32.2. The van der Waals surface area contributed by atoms with Crippen molar-refractivity contribution in [1.29, 1.82) is 0 Å². The lowest BCUT2D eigenvalue weighted by Gasteiger charge is -2.29. The highest BCUT2D eigenvalue weighted by molar-refractivity contribution is 7.90. The van der Waals surface area contributed by atoms with Crippen molar-refractivity contribution in [3.63, 3.8) is 0 Å². The number of nitrogens with zero attached hydrogens (tertiary/aromatic N) is 2. The van der Waals surface area contributed by atoms with Crippen LogP contribution in [0.15, 0.2) is 36.5 Å². The van der Waals surface area contributed by atoms with Crippen molar-refractivity contribution >= 4 is 15.8 Å². The Kier molecular flexibility index (Phi) is 6.16. The summed E-state index contributed by atoms with van der Waals surface area (Å²) in [4.78, 5) is 0. The Morgan fingerprint density at radius 1 is 1.22 bits per heavy atom. The van der Waals surface area contributed by atoms with Gasteiger partial charge in [0.25, 0.3) is 0 Å². The first-order valence-corrected chi connectivity index (χ1v) is 10.9. The van der Waals surface area contributed by atoms with Crippen LogP contribution in [0.3, 0.4) is 0 Å². The van der Waals surface area contributed by atoms with Gasteiger partial charge in [0.05, 0.1) is 10.9 Å². The molecule has 1 aromatic carbocycles. The Labute approximate surface area is 160 Å². The maximum atomic E-state index is 13.4. The maximum absolute atomic E-state index is 13.4. The van der Waals surface area contributed by atoms with Crippen LogP contribution < -0.4 is 10.0 Å². The van der Waals surface area contributed by atoms with Gasteiger partial charge in [-0.2, -0.15) is 5.10 Å². The molecule has 0 amide bonds. The van der Waals surface area contributed by atoms with E-state index in [1.165, 1.54) is 12.1 Å². The first-order valence-electron chi connectivity index (χ1n) is 9.40. The summed E-state index contributed by atoms with van der Waals surface area (Å²) in [7, 11) is -3.19. The van der Waals surface area contributed by atoms with Gasteiger partial charge >= 0.3 is 0 Å². The Morgan fingerprint density at radius 3 is 2.63 bits per heavy atom. The molecule has 27 heavy (non-hydrogen) atoms. The Bertz CT molecular complexity index is 858. The van der Waals surface area contributed by atoms with Crippen LogP contribution in [0.2, 0.25) is 0 Å². The summed E-state index contributed by atoms with van der Waals surface area (Å²) in [6.07, 6.45) is 5.71. The standard InChI is InChI=1S/C19H27FN4O2S/c1-14(2)27(25,26)21-13-15-6-8-17(9-7-15)22-19-10-11-24(23-19)18-5-3-4-16(20)12-18/h3-5,10-12,14-15,17,21H,6-9,13H2,1-2H3,(H,22,23)/t15-,17-. The van der Waals surface area contributed by atoms with E-state index in [0.717, 1.165) is 31.5 Å². The number of halogens is 1. The lowest BCUT2D eigenvalue weighted by molar-refractivity contribution is 0.336. The minimum atomic E-state index is -3.19. The van der Waals surface area contributed by atoms with Gasteiger partial charge in [0.1, 0.15) is 11.6 Å². The summed E-state index contributed by atoms with van der Waals surface area (Å²) in [6.45, 7) is 3.89. The number of sulfonamides is 1. The topological polar surface area (TPSA) is 76.0 Å². The first kappa shape index (κ1) is 19.8. The molecule has 0 saturated heterocycles. The van der Waals surface area contributed by atoms with Gasteiger partial charge in [-0.3, -0.25) is 0 Å². The summed E-state index contributed by atoms with van der Waals surface area (Å²) in [6, 6.07) is 8.52. The smallest absolute Gasteiger partial charge is 0.213 e. The quantitative estimate of drug-likeness (QED) is 0.755. The van der Waals surface area contributed by atoms with Gasteiger partial charge in [0.2, 0.25) is 10.0 Å². The van der Waals surface area contributed by atoms with E-state index in [-0.39, 0.29) is 5.82 Å². The molecule has 2 aromatic rings. The summed E-state index contributed by atoms with van der Waals surface area (Å²) in [5, 5.41) is 7.50. The molecule has 1 saturated carbocycles. The molecule has 8 heteroatoms. The van der Waals surface area contributed by atoms with Crippen LogP contribution in [-0.4, -0.2) is 36.0 Å². The number of nitrogens with one attached hydrogen (secondary N) is 2. The van der Waals surface area contributed by atoms with Crippen LogP contribution >= 0.6 is 0 Å². The van der Waals surface area contributed by atoms with Crippen molar-refractivity contribution in [3.8, 4) is 5.69 Å². The molecule has 1 aliphatic carbocycles. The second kappa shape index (κ2) is 8.39. The molecule has 6 nitrogen and oxygen atoms in total. The first-order chi connectivity index (χ1) is 12.8. The van der Waals surface area contributed by atoms with E-state index in [1.807, 2.05) is 18.3 Å². The molecule has 1 aliphatic rings. The van der Waals surface area contributed by atoms with Crippen LogP contribution in [0.4, 0.5) is 10.2 Å². The molecule has 0 bridgehead atoms. The monoisotopic (exact) mass is 394 g/mol. The Morgan fingerprint density at radius 2 is 1.96 bits per heavy atom. The molecule has 3 rings (SSSR count). The van der Waals surface area contributed by atoms with Crippen molar-refractivity contribution in [2.75, 3.05) is 11.9 Å². The van der Waals surface area contributed by atoms with Gasteiger partial charge in [-0.05, 0) is 63.6 Å². The highest BCUT2D eigenvalue weighted by Crippen LogP contribution is 2.26. The molecule has 2 N–H and O–H groups in total. The molecule has 0 unspecified atom stereocenters.